The predicted molar refractivity (Wildman–Crippen MR) is 80.3 cm³/mol. The molecule has 0 aromatic carbocycles. The molecule has 2 aromatic rings. The minimum absolute atomic E-state index is 0.137. The summed E-state index contributed by atoms with van der Waals surface area (Å²) in [4.78, 5) is 9.93. The molecule has 0 saturated heterocycles. The summed E-state index contributed by atoms with van der Waals surface area (Å²) in [5.41, 5.74) is 1.35. The van der Waals surface area contributed by atoms with Crippen molar-refractivity contribution in [2.24, 2.45) is 0 Å². The summed E-state index contributed by atoms with van der Waals surface area (Å²) in [5, 5.41) is 4.70. The number of rotatable bonds is 4. The molecular weight excluding hydrogens is 254 g/mol. The largest absolute Gasteiger partial charge is 0.305 e. The van der Waals surface area contributed by atoms with E-state index in [9.17, 15) is 0 Å². The number of hydrogen-bond donors (Lipinski definition) is 1. The van der Waals surface area contributed by atoms with Crippen LogP contribution in [0.25, 0.3) is 0 Å². The van der Waals surface area contributed by atoms with Crippen LogP contribution in [0.3, 0.4) is 0 Å². The lowest BCUT2D eigenvalue weighted by atomic mass is 9.98. The molecule has 0 spiro atoms. The maximum Gasteiger partial charge on any atom is 0.0981 e. The standard InChI is InChI=1S/C15H21N3S/c1-11(12-6-5-7-16-8-12)17-9-13-10-18-14(19-13)15(2,3)4/h5-8,10-11,17H,9H2,1-4H3. The van der Waals surface area contributed by atoms with E-state index in [1.54, 1.807) is 17.5 Å². The Kier molecular flexibility index (Phi) is 4.32. The molecule has 102 valence electrons. The molecule has 0 radical (unpaired) electrons. The topological polar surface area (TPSA) is 37.8 Å². The third-order valence-electron chi connectivity index (χ3n) is 2.96. The van der Waals surface area contributed by atoms with Gasteiger partial charge in [-0.25, -0.2) is 4.98 Å². The van der Waals surface area contributed by atoms with Crippen molar-refractivity contribution in [2.75, 3.05) is 0 Å². The zero-order valence-corrected chi connectivity index (χ0v) is 12.8. The molecule has 2 heterocycles. The van der Waals surface area contributed by atoms with E-state index in [0.717, 1.165) is 6.54 Å². The van der Waals surface area contributed by atoms with Crippen molar-refractivity contribution in [1.29, 1.82) is 0 Å². The summed E-state index contributed by atoms with van der Waals surface area (Å²) >= 11 is 1.79. The predicted octanol–water partition coefficient (Wildman–Crippen LogP) is 3.69. The lowest BCUT2D eigenvalue weighted by molar-refractivity contribution is 0.576. The number of thiazole rings is 1. The molecule has 4 heteroatoms. The van der Waals surface area contributed by atoms with Gasteiger partial charge in [0.2, 0.25) is 0 Å². The van der Waals surface area contributed by atoms with Crippen LogP contribution in [0.4, 0.5) is 0 Å². The Morgan fingerprint density at radius 3 is 2.68 bits per heavy atom. The summed E-state index contributed by atoms with van der Waals surface area (Å²) in [6.07, 6.45) is 5.69. The van der Waals surface area contributed by atoms with Gasteiger partial charge in [-0.3, -0.25) is 4.98 Å². The van der Waals surface area contributed by atoms with Gasteiger partial charge in [-0.2, -0.15) is 0 Å². The van der Waals surface area contributed by atoms with Gasteiger partial charge in [-0.1, -0.05) is 26.8 Å². The Morgan fingerprint density at radius 2 is 2.11 bits per heavy atom. The molecule has 0 bridgehead atoms. The van der Waals surface area contributed by atoms with Gasteiger partial charge in [-0.05, 0) is 18.6 Å². The molecule has 1 N–H and O–H groups in total. The van der Waals surface area contributed by atoms with E-state index in [1.165, 1.54) is 15.4 Å². The van der Waals surface area contributed by atoms with Crippen LogP contribution in [0.15, 0.2) is 30.7 Å². The number of nitrogens with one attached hydrogen (secondary N) is 1. The minimum atomic E-state index is 0.137. The Morgan fingerprint density at radius 1 is 1.32 bits per heavy atom. The molecular formula is C15H21N3S. The van der Waals surface area contributed by atoms with Crippen LogP contribution in [-0.2, 0) is 12.0 Å². The molecule has 1 unspecified atom stereocenters. The van der Waals surface area contributed by atoms with Crippen LogP contribution in [0.1, 0.15) is 49.2 Å². The minimum Gasteiger partial charge on any atom is -0.305 e. The zero-order valence-electron chi connectivity index (χ0n) is 12.0. The van der Waals surface area contributed by atoms with Crippen molar-refractivity contribution >= 4 is 11.3 Å². The van der Waals surface area contributed by atoms with E-state index >= 15 is 0 Å². The first kappa shape index (κ1) is 14.2. The summed E-state index contributed by atoms with van der Waals surface area (Å²) in [5.74, 6) is 0. The fraction of sp³-hybridized carbons (Fsp3) is 0.467. The van der Waals surface area contributed by atoms with Crippen molar-refractivity contribution < 1.29 is 0 Å². The number of aromatic nitrogens is 2. The van der Waals surface area contributed by atoms with Gasteiger partial charge in [0.1, 0.15) is 0 Å². The SMILES string of the molecule is CC(NCc1cnc(C(C)(C)C)s1)c1cccnc1. The van der Waals surface area contributed by atoms with E-state index in [2.05, 4.69) is 49.0 Å². The van der Waals surface area contributed by atoms with E-state index in [-0.39, 0.29) is 5.41 Å². The number of pyridine rings is 1. The van der Waals surface area contributed by atoms with E-state index in [1.807, 2.05) is 18.5 Å². The summed E-state index contributed by atoms with van der Waals surface area (Å²) in [6.45, 7) is 9.59. The fourth-order valence-corrected chi connectivity index (χ4v) is 2.66. The highest BCUT2D eigenvalue weighted by Gasteiger charge is 2.18. The highest BCUT2D eigenvalue weighted by molar-refractivity contribution is 7.11. The van der Waals surface area contributed by atoms with Crippen molar-refractivity contribution in [1.82, 2.24) is 15.3 Å². The third-order valence-corrected chi connectivity index (χ3v) is 4.39. The molecule has 0 amide bonds. The average Bonchev–Trinajstić information content (AvgIpc) is 2.86. The van der Waals surface area contributed by atoms with E-state index in [4.69, 9.17) is 0 Å². The van der Waals surface area contributed by atoms with Crippen LogP contribution in [0, 0.1) is 0 Å². The third kappa shape index (κ3) is 3.85. The second-order valence-electron chi connectivity index (χ2n) is 5.77. The molecule has 0 aliphatic heterocycles. The van der Waals surface area contributed by atoms with E-state index in [0.29, 0.717) is 6.04 Å². The molecule has 2 rings (SSSR count). The van der Waals surface area contributed by atoms with Gasteiger partial charge in [-0.15, -0.1) is 11.3 Å². The molecule has 1 atom stereocenters. The average molecular weight is 275 g/mol. The smallest absolute Gasteiger partial charge is 0.0981 e. The maximum absolute atomic E-state index is 4.50. The van der Waals surface area contributed by atoms with Gasteiger partial charge >= 0.3 is 0 Å². The van der Waals surface area contributed by atoms with Crippen LogP contribution in [-0.4, -0.2) is 9.97 Å². The molecule has 3 nitrogen and oxygen atoms in total. The van der Waals surface area contributed by atoms with Crippen molar-refractivity contribution in [3.8, 4) is 0 Å². The fourth-order valence-electron chi connectivity index (χ4n) is 1.74. The Balaban J connectivity index is 1.94. The lowest BCUT2D eigenvalue weighted by Crippen LogP contribution is -2.17. The van der Waals surface area contributed by atoms with Crippen molar-refractivity contribution in [3.63, 3.8) is 0 Å². The molecule has 19 heavy (non-hydrogen) atoms. The molecule has 0 saturated carbocycles. The first-order chi connectivity index (χ1) is 8.97. The van der Waals surface area contributed by atoms with Crippen molar-refractivity contribution in [3.05, 3.63) is 46.2 Å². The van der Waals surface area contributed by atoms with E-state index < -0.39 is 0 Å². The normalized spacial score (nSPS) is 13.5. The van der Waals surface area contributed by atoms with Gasteiger partial charge in [0, 0.05) is 41.5 Å². The van der Waals surface area contributed by atoms with Gasteiger partial charge in [0.25, 0.3) is 0 Å². The maximum atomic E-state index is 4.50. The monoisotopic (exact) mass is 275 g/mol. The van der Waals surface area contributed by atoms with Crippen LogP contribution >= 0.6 is 11.3 Å². The second-order valence-corrected chi connectivity index (χ2v) is 6.89. The number of nitrogens with zero attached hydrogens (tertiary/aromatic N) is 2. The van der Waals surface area contributed by atoms with Crippen LogP contribution in [0.2, 0.25) is 0 Å². The molecule has 0 aliphatic rings. The van der Waals surface area contributed by atoms with Crippen LogP contribution in [0.5, 0.6) is 0 Å². The lowest BCUT2D eigenvalue weighted by Gasteiger charge is -2.14. The quantitative estimate of drug-likeness (QED) is 0.925. The van der Waals surface area contributed by atoms with Gasteiger partial charge < -0.3 is 5.32 Å². The number of hydrogen-bond acceptors (Lipinski definition) is 4. The Hall–Kier alpha value is -1.26. The van der Waals surface area contributed by atoms with Crippen LogP contribution < -0.4 is 5.32 Å². The molecule has 0 fully saturated rings. The first-order valence-electron chi connectivity index (χ1n) is 6.55. The van der Waals surface area contributed by atoms with Crippen molar-refractivity contribution in [2.45, 2.75) is 45.7 Å². The second kappa shape index (κ2) is 5.80. The van der Waals surface area contributed by atoms with Gasteiger partial charge in [0.05, 0.1) is 5.01 Å². The molecule has 0 aliphatic carbocycles. The first-order valence-corrected chi connectivity index (χ1v) is 7.37. The Labute approximate surface area is 119 Å². The highest BCUT2D eigenvalue weighted by Crippen LogP contribution is 2.27. The van der Waals surface area contributed by atoms with Gasteiger partial charge in [0.15, 0.2) is 0 Å². The zero-order chi connectivity index (χ0) is 13.9. The summed E-state index contributed by atoms with van der Waals surface area (Å²) < 4.78 is 0. The highest BCUT2D eigenvalue weighted by atomic mass is 32.1. The summed E-state index contributed by atoms with van der Waals surface area (Å²) in [6, 6.07) is 4.37. The molecule has 2 aromatic heterocycles. The Bertz CT molecular complexity index is 514. The summed E-state index contributed by atoms with van der Waals surface area (Å²) in [7, 11) is 0.